The third-order valence-electron chi connectivity index (χ3n) is 7.48. The number of methoxy groups -OCH3 is 2. The molecule has 1 saturated heterocycles. The molecular weight excluding hydrogens is 356 g/mol. The minimum Gasteiger partial charge on any atom is -0.497 e. The highest BCUT2D eigenvalue weighted by atomic mass is 16.5. The van der Waals surface area contributed by atoms with E-state index >= 15 is 0 Å². The van der Waals surface area contributed by atoms with Crippen LogP contribution in [-0.2, 0) is 21.7 Å². The first-order chi connectivity index (χ1) is 13.5. The van der Waals surface area contributed by atoms with Crippen LogP contribution in [0, 0.1) is 5.41 Å². The lowest BCUT2D eigenvalue weighted by Gasteiger charge is -2.57. The molecule has 0 radical (unpaired) electrons. The van der Waals surface area contributed by atoms with Gasteiger partial charge in [0.1, 0.15) is 5.75 Å². The van der Waals surface area contributed by atoms with Crippen molar-refractivity contribution in [3.8, 4) is 5.75 Å². The van der Waals surface area contributed by atoms with E-state index in [-0.39, 0.29) is 11.5 Å². The van der Waals surface area contributed by atoms with Crippen molar-refractivity contribution in [1.29, 1.82) is 0 Å². The van der Waals surface area contributed by atoms with Crippen molar-refractivity contribution in [3.63, 3.8) is 0 Å². The number of nitrogens with zero attached hydrogens (tertiary/aromatic N) is 2. The first kappa shape index (κ1) is 18.0. The van der Waals surface area contributed by atoms with E-state index in [2.05, 4.69) is 17.9 Å². The number of aliphatic hydroxyl groups is 1. The molecule has 1 N–H and O–H groups in total. The highest BCUT2D eigenvalue weighted by Crippen LogP contribution is 2.60. The van der Waals surface area contributed by atoms with Gasteiger partial charge in [0, 0.05) is 30.1 Å². The topological polar surface area (TPSA) is 63.9 Å². The summed E-state index contributed by atoms with van der Waals surface area (Å²) in [6, 6.07) is 6.20. The monoisotopic (exact) mass is 384 g/mol. The first-order valence-electron chi connectivity index (χ1n) is 10.3. The SMILES string of the molecule is CCC12CCCN3CCc4c(n(c5cc(OC)ccc45)C(O)(C(=O)OC)C1)C32. The molecule has 6 heteroatoms. The maximum atomic E-state index is 13.0. The van der Waals surface area contributed by atoms with Crippen LogP contribution in [0.4, 0.5) is 0 Å². The average Bonchev–Trinajstić information content (AvgIpc) is 3.07. The maximum absolute atomic E-state index is 13.0. The number of piperidine rings is 1. The summed E-state index contributed by atoms with van der Waals surface area (Å²) in [5, 5.41) is 12.9. The molecule has 3 unspecified atom stereocenters. The molecule has 6 nitrogen and oxygen atoms in total. The second kappa shape index (κ2) is 5.97. The zero-order valence-corrected chi connectivity index (χ0v) is 16.8. The van der Waals surface area contributed by atoms with Crippen LogP contribution in [0.1, 0.15) is 49.9 Å². The van der Waals surface area contributed by atoms with Gasteiger partial charge < -0.3 is 19.1 Å². The lowest BCUT2D eigenvalue weighted by Crippen LogP contribution is -2.60. The van der Waals surface area contributed by atoms with Crippen molar-refractivity contribution in [2.45, 2.75) is 50.8 Å². The molecule has 1 fully saturated rings. The van der Waals surface area contributed by atoms with Gasteiger partial charge in [0.25, 0.3) is 0 Å². The Morgan fingerprint density at radius 1 is 1.32 bits per heavy atom. The Morgan fingerprint density at radius 3 is 2.86 bits per heavy atom. The molecule has 0 saturated carbocycles. The Kier molecular flexibility index (Phi) is 3.84. The lowest BCUT2D eigenvalue weighted by atomic mass is 9.62. The maximum Gasteiger partial charge on any atom is 0.359 e. The Balaban J connectivity index is 1.89. The van der Waals surface area contributed by atoms with Crippen LogP contribution in [0.3, 0.4) is 0 Å². The van der Waals surface area contributed by atoms with E-state index in [1.165, 1.54) is 12.7 Å². The molecule has 3 aliphatic heterocycles. The van der Waals surface area contributed by atoms with Gasteiger partial charge in [-0.2, -0.15) is 0 Å². The van der Waals surface area contributed by atoms with Gasteiger partial charge in [-0.05, 0) is 55.3 Å². The van der Waals surface area contributed by atoms with E-state index < -0.39 is 11.7 Å². The fraction of sp³-hybridized carbons (Fsp3) is 0.591. The van der Waals surface area contributed by atoms with Crippen LogP contribution in [0.5, 0.6) is 5.75 Å². The Bertz CT molecular complexity index is 967. The smallest absolute Gasteiger partial charge is 0.359 e. The van der Waals surface area contributed by atoms with Gasteiger partial charge in [-0.1, -0.05) is 6.92 Å². The molecule has 3 atom stereocenters. The van der Waals surface area contributed by atoms with E-state index in [1.807, 2.05) is 16.7 Å². The van der Waals surface area contributed by atoms with Crippen molar-refractivity contribution >= 4 is 16.9 Å². The predicted octanol–water partition coefficient (Wildman–Crippen LogP) is 2.96. The minimum atomic E-state index is -1.69. The highest BCUT2D eigenvalue weighted by molar-refractivity contribution is 5.91. The fourth-order valence-corrected chi connectivity index (χ4v) is 6.25. The minimum absolute atomic E-state index is 0.120. The third-order valence-corrected chi connectivity index (χ3v) is 7.48. The number of fused-ring (bicyclic) bond motifs is 3. The summed E-state index contributed by atoms with van der Waals surface area (Å²) in [7, 11) is 2.99. The number of hydrogen-bond acceptors (Lipinski definition) is 5. The molecule has 0 bridgehead atoms. The van der Waals surface area contributed by atoms with Gasteiger partial charge in [-0.15, -0.1) is 0 Å². The Morgan fingerprint density at radius 2 is 2.14 bits per heavy atom. The molecule has 28 heavy (non-hydrogen) atoms. The van der Waals surface area contributed by atoms with Gasteiger partial charge in [0.15, 0.2) is 0 Å². The number of rotatable bonds is 3. The average molecular weight is 384 g/mol. The number of carbonyl (C=O) groups excluding carboxylic acids is 1. The molecule has 0 spiro atoms. The number of aromatic nitrogens is 1. The molecule has 150 valence electrons. The molecule has 5 rings (SSSR count). The van der Waals surface area contributed by atoms with Crippen molar-refractivity contribution in [2.75, 3.05) is 27.3 Å². The van der Waals surface area contributed by atoms with Gasteiger partial charge in [0.2, 0.25) is 5.72 Å². The molecule has 3 aliphatic rings. The van der Waals surface area contributed by atoms with Crippen LogP contribution in [-0.4, -0.2) is 47.9 Å². The Labute approximate surface area is 165 Å². The van der Waals surface area contributed by atoms with Gasteiger partial charge in [-0.3, -0.25) is 4.90 Å². The molecule has 0 amide bonds. The second-order valence-corrected chi connectivity index (χ2v) is 8.58. The summed E-state index contributed by atoms with van der Waals surface area (Å²) in [4.78, 5) is 15.5. The van der Waals surface area contributed by atoms with E-state index in [0.717, 1.165) is 61.1 Å². The van der Waals surface area contributed by atoms with Crippen molar-refractivity contribution in [2.24, 2.45) is 5.41 Å². The molecule has 4 heterocycles. The number of hydrogen-bond donors (Lipinski definition) is 1. The number of benzene rings is 1. The highest BCUT2D eigenvalue weighted by Gasteiger charge is 2.60. The van der Waals surface area contributed by atoms with Crippen LogP contribution in [0.2, 0.25) is 0 Å². The van der Waals surface area contributed by atoms with E-state index in [0.29, 0.717) is 6.42 Å². The van der Waals surface area contributed by atoms with Crippen LogP contribution < -0.4 is 4.74 Å². The van der Waals surface area contributed by atoms with Crippen LogP contribution in [0.25, 0.3) is 10.9 Å². The van der Waals surface area contributed by atoms with Crippen LogP contribution in [0.15, 0.2) is 18.2 Å². The molecule has 2 aromatic rings. The molecule has 0 aliphatic carbocycles. The summed E-state index contributed by atoms with van der Waals surface area (Å²) in [5.41, 5.74) is 1.41. The van der Waals surface area contributed by atoms with E-state index in [4.69, 9.17) is 9.47 Å². The second-order valence-electron chi connectivity index (χ2n) is 8.58. The normalized spacial score (nSPS) is 31.5. The summed E-state index contributed by atoms with van der Waals surface area (Å²) >= 11 is 0. The lowest BCUT2D eigenvalue weighted by molar-refractivity contribution is -0.194. The quantitative estimate of drug-likeness (QED) is 0.825. The van der Waals surface area contributed by atoms with Crippen molar-refractivity contribution in [3.05, 3.63) is 29.5 Å². The van der Waals surface area contributed by atoms with E-state index in [9.17, 15) is 9.90 Å². The van der Waals surface area contributed by atoms with E-state index in [1.54, 1.807) is 7.11 Å². The van der Waals surface area contributed by atoms with Gasteiger partial charge in [0.05, 0.1) is 25.8 Å². The third kappa shape index (κ3) is 2.08. The van der Waals surface area contributed by atoms with Crippen molar-refractivity contribution in [1.82, 2.24) is 9.47 Å². The number of carbonyl (C=O) groups is 1. The summed E-state index contributed by atoms with van der Waals surface area (Å²) < 4.78 is 12.4. The van der Waals surface area contributed by atoms with Crippen LogP contribution >= 0.6 is 0 Å². The summed E-state index contributed by atoms with van der Waals surface area (Å²) in [6.07, 6.45) is 4.37. The number of ether oxygens (including phenoxy) is 2. The number of esters is 1. The predicted molar refractivity (Wildman–Crippen MR) is 105 cm³/mol. The standard InChI is InChI=1S/C22H28N2O4/c1-4-21-9-5-10-23-11-8-16-15-7-6-14(27-2)12-17(15)24(18(16)19(21)23)22(26,13-21)20(25)28-3/h6-7,12,19,26H,4-5,8-11,13H2,1-3H3. The fourth-order valence-electron chi connectivity index (χ4n) is 6.25. The molecular formula is C22H28N2O4. The summed E-state index contributed by atoms with van der Waals surface area (Å²) in [5.74, 6) is 0.141. The van der Waals surface area contributed by atoms with Gasteiger partial charge >= 0.3 is 5.97 Å². The molecule has 1 aromatic heterocycles. The molecule has 1 aromatic carbocycles. The van der Waals surface area contributed by atoms with Gasteiger partial charge in [-0.25, -0.2) is 4.79 Å². The first-order valence-corrected chi connectivity index (χ1v) is 10.3. The zero-order chi connectivity index (χ0) is 19.7. The van der Waals surface area contributed by atoms with Crippen molar-refractivity contribution < 1.29 is 19.4 Å². The largest absolute Gasteiger partial charge is 0.497 e. The zero-order valence-electron chi connectivity index (χ0n) is 16.8. The summed E-state index contributed by atoms with van der Waals surface area (Å²) in [6.45, 7) is 4.30. The Hall–Kier alpha value is -2.05.